The molecule has 0 saturated heterocycles. The Bertz CT molecular complexity index is 522. The van der Waals surface area contributed by atoms with Crippen LogP contribution in [0.5, 0.6) is 0 Å². The minimum atomic E-state index is -3.77. The van der Waals surface area contributed by atoms with Crippen molar-refractivity contribution >= 4 is 10.1 Å². The van der Waals surface area contributed by atoms with Gasteiger partial charge in [0.25, 0.3) is 0 Å². The minimum Gasteiger partial charge on any atom is -0.329 e. The molecule has 142 valence electrons. The zero-order chi connectivity index (χ0) is 18.0. The first-order valence-corrected chi connectivity index (χ1v) is 9.05. The molecule has 0 aliphatic rings. The van der Waals surface area contributed by atoms with Gasteiger partial charge in [0.05, 0.1) is 0 Å². The van der Waals surface area contributed by atoms with Crippen LogP contribution in [-0.4, -0.2) is 89.1 Å². The molecule has 0 fully saturated rings. The monoisotopic (exact) mass is 452 g/mol. The van der Waals surface area contributed by atoms with Gasteiger partial charge in [0.15, 0.2) is 0 Å². The molecule has 1 aromatic rings. The summed E-state index contributed by atoms with van der Waals surface area (Å²) in [5.74, 6) is 0. The van der Waals surface area contributed by atoms with Gasteiger partial charge in [-0.15, -0.1) is 8.42 Å². The molecular weight excluding hydrogens is 421 g/mol. The molecule has 0 bridgehead atoms. The zero-order valence-electron chi connectivity index (χ0n) is 15.5. The van der Waals surface area contributed by atoms with E-state index in [1.54, 1.807) is 12.1 Å². The molecule has 24 heavy (non-hydrogen) atoms. The van der Waals surface area contributed by atoms with Gasteiger partial charge in [-0.2, -0.15) is 0 Å². The predicted octanol–water partition coefficient (Wildman–Crippen LogP) is 0.447. The molecule has 8 heteroatoms. The topological polar surface area (TPSA) is 66.8 Å². The maximum absolute atomic E-state index is 10.6. The number of aryl methyl sites for hydroxylation is 1. The Morgan fingerprint density at radius 1 is 0.833 bits per heavy atom. The molecule has 0 saturated carbocycles. The van der Waals surface area contributed by atoms with Gasteiger partial charge in [0.1, 0.15) is 4.90 Å². The third-order valence-electron chi connectivity index (χ3n) is 3.19. The van der Waals surface area contributed by atoms with Gasteiger partial charge in [0, 0.05) is 26.2 Å². The first-order chi connectivity index (χ1) is 10.5. The van der Waals surface area contributed by atoms with Gasteiger partial charge in [-0.05, 0) is 54.3 Å². The Labute approximate surface area is 161 Å². The predicted molar refractivity (Wildman–Crippen MR) is 96.6 cm³/mol. The van der Waals surface area contributed by atoms with Gasteiger partial charge < -0.3 is 19.3 Å². The van der Waals surface area contributed by atoms with Crippen molar-refractivity contribution in [3.63, 3.8) is 0 Å². The van der Waals surface area contributed by atoms with E-state index in [9.17, 15) is 8.42 Å². The number of likely N-dealkylation sites (N-methyl/N-ethyl adjacent to an activating group) is 3. The van der Waals surface area contributed by atoms with Gasteiger partial charge in [-0.25, -0.2) is 0 Å². The first-order valence-electron chi connectivity index (χ1n) is 7.56. The molecule has 0 amide bonds. The molecule has 0 unspecified atom stereocenters. The number of rotatable bonds is 7. The quantitative estimate of drug-likeness (QED) is 0.444. The molecule has 0 aromatic heterocycles. The summed E-state index contributed by atoms with van der Waals surface area (Å²) in [7, 11) is 6.85. The fourth-order valence-corrected chi connectivity index (χ4v) is 2.07. The summed E-state index contributed by atoms with van der Waals surface area (Å²) in [6.45, 7) is 6.45. The Kier molecular flexibility index (Phi) is 14.0. The van der Waals surface area contributed by atoms with Crippen molar-refractivity contribution in [1.29, 1.82) is 0 Å². The minimum absolute atomic E-state index is 0. The van der Waals surface area contributed by atoms with E-state index in [0.29, 0.717) is 0 Å². The van der Waals surface area contributed by atoms with Crippen LogP contribution in [0.25, 0.3) is 0 Å². The maximum Gasteiger partial charge on any atom is 2.00 e. The van der Waals surface area contributed by atoms with Crippen molar-refractivity contribution in [1.82, 2.24) is 14.7 Å². The Balaban J connectivity index is 0. The Morgan fingerprint density at radius 3 is 1.50 bits per heavy atom. The van der Waals surface area contributed by atoms with Gasteiger partial charge in [0.2, 0.25) is 0 Å². The van der Waals surface area contributed by atoms with E-state index in [1.165, 1.54) is 12.1 Å². The van der Waals surface area contributed by atoms with Gasteiger partial charge in [-0.3, -0.25) is 0 Å². The third kappa shape index (κ3) is 14.1. The van der Waals surface area contributed by atoms with Crippen LogP contribution >= 0.6 is 0 Å². The summed E-state index contributed by atoms with van der Waals surface area (Å²) in [5, 5.41) is 0. The van der Waals surface area contributed by atoms with Crippen molar-refractivity contribution in [2.75, 3.05) is 61.4 Å². The second-order valence-electron chi connectivity index (χ2n) is 6.23. The Hall–Kier alpha value is -0.328. The van der Waals surface area contributed by atoms with E-state index in [-0.39, 0.29) is 25.3 Å². The van der Waals surface area contributed by atoms with E-state index < -0.39 is 10.1 Å². The summed E-state index contributed by atoms with van der Waals surface area (Å²) in [5.41, 5.74) is 0.984. The summed E-state index contributed by atoms with van der Waals surface area (Å²) in [4.78, 5) is 6.83. The van der Waals surface area contributed by atoms with Crippen LogP contribution in [-0.2, 0) is 30.5 Å². The molecule has 2 N–H and O–H groups in total. The Morgan fingerprint density at radius 2 is 1.21 bits per heavy atom. The smallest absolute Gasteiger partial charge is 0.329 e. The number of hydrogen-bond donors (Lipinski definition) is 0. The zero-order valence-corrected chi connectivity index (χ0v) is 17.9. The summed E-state index contributed by atoms with van der Waals surface area (Å²) in [6, 6.07) is 6.19. The van der Waals surface area contributed by atoms with Crippen LogP contribution < -0.4 is 0 Å². The molecule has 6 nitrogen and oxygen atoms in total. The number of benzene rings is 1. The van der Waals surface area contributed by atoms with Gasteiger partial charge >= 0.3 is 30.5 Å². The fourth-order valence-electron chi connectivity index (χ4n) is 1.57. The van der Waals surface area contributed by atoms with Crippen molar-refractivity contribution in [3.05, 3.63) is 29.8 Å². The van der Waals surface area contributed by atoms with E-state index >= 15 is 0 Å². The largest absolute Gasteiger partial charge is 2.00 e. The SMILES string of the molecule is CN(C)CCN(C)CCN(C)C.Cc1ccc(S(=O)(=O)[OH2+])cc1.[Pd+2]. The van der Waals surface area contributed by atoms with Crippen LogP contribution in [0.4, 0.5) is 0 Å². The molecule has 0 spiro atoms. The molecule has 0 atom stereocenters. The molecule has 0 heterocycles. The summed E-state index contributed by atoms with van der Waals surface area (Å²) in [6.07, 6.45) is 0. The first kappa shape index (κ1) is 25.9. The van der Waals surface area contributed by atoms with Crippen molar-refractivity contribution in [3.8, 4) is 0 Å². The normalized spacial score (nSPS) is 11.2. The van der Waals surface area contributed by atoms with Crippen LogP contribution in [0.1, 0.15) is 5.56 Å². The number of nitrogens with zero attached hydrogens (tertiary/aromatic N) is 3. The molecule has 1 aromatic carbocycles. The van der Waals surface area contributed by atoms with Crippen molar-refractivity contribution in [2.24, 2.45) is 0 Å². The van der Waals surface area contributed by atoms with E-state index in [4.69, 9.17) is 4.55 Å². The average Bonchev–Trinajstić information content (AvgIpc) is 2.43. The molecule has 0 aliphatic carbocycles. The number of hydrogen-bond acceptors (Lipinski definition) is 5. The fraction of sp³-hybridized carbons (Fsp3) is 0.625. The third-order valence-corrected chi connectivity index (χ3v) is 4.08. The van der Waals surface area contributed by atoms with E-state index in [1.807, 2.05) is 6.92 Å². The van der Waals surface area contributed by atoms with Crippen LogP contribution in [0.15, 0.2) is 29.2 Å². The van der Waals surface area contributed by atoms with E-state index in [2.05, 4.69) is 49.9 Å². The second kappa shape index (κ2) is 13.0. The molecule has 0 aliphatic heterocycles. The molecular formula is C16H32N3O3PdS+3. The molecule has 1 rings (SSSR count). The summed E-state index contributed by atoms with van der Waals surface area (Å²) >= 11 is 0. The van der Waals surface area contributed by atoms with Crippen LogP contribution in [0.3, 0.4) is 0 Å². The van der Waals surface area contributed by atoms with Gasteiger partial charge in [-0.1, -0.05) is 17.7 Å². The second-order valence-corrected chi connectivity index (χ2v) is 7.70. The maximum atomic E-state index is 10.6. The molecule has 0 radical (unpaired) electrons. The summed E-state index contributed by atoms with van der Waals surface area (Å²) < 4.78 is 27.9. The van der Waals surface area contributed by atoms with E-state index in [0.717, 1.165) is 31.7 Å². The van der Waals surface area contributed by atoms with Crippen molar-refractivity contribution < 1.29 is 33.4 Å². The standard InChI is InChI=1S/C9H23N3.C7H8O3S.Pd/c1-10(2)6-8-12(5)9-7-11(3)4;1-6-2-4-7(5-3-6)11(8,9)10;/h6-9H2,1-5H3;2-5H,1H3,(H,8,9,10);/q;;+2/p+1. The van der Waals surface area contributed by atoms with Crippen LogP contribution in [0.2, 0.25) is 0 Å². The van der Waals surface area contributed by atoms with Crippen molar-refractivity contribution in [2.45, 2.75) is 11.8 Å². The average molecular weight is 453 g/mol. The van der Waals surface area contributed by atoms with Crippen LogP contribution in [0, 0.1) is 6.92 Å².